The number of amides is 1. The van der Waals surface area contributed by atoms with Gasteiger partial charge in [0, 0.05) is 11.3 Å². The van der Waals surface area contributed by atoms with Crippen LogP contribution in [0.3, 0.4) is 0 Å². The molecule has 1 aromatic carbocycles. The number of carbonyl (C=O) groups is 2. The Bertz CT molecular complexity index is 662. The van der Waals surface area contributed by atoms with Crippen molar-refractivity contribution < 1.29 is 14.7 Å². The SMILES string of the molecule is Cc1nn(-c2ccccc2)c(C)c1CC(=O)NCC(=O)O. The number of hydrogen-bond acceptors (Lipinski definition) is 3. The molecule has 2 aromatic rings. The Hall–Kier alpha value is -2.63. The molecule has 2 rings (SSSR count). The summed E-state index contributed by atoms with van der Waals surface area (Å²) >= 11 is 0. The predicted molar refractivity (Wildman–Crippen MR) is 77.4 cm³/mol. The van der Waals surface area contributed by atoms with Crippen molar-refractivity contribution in [3.63, 3.8) is 0 Å². The number of nitrogens with zero attached hydrogens (tertiary/aromatic N) is 2. The Morgan fingerprint density at radius 3 is 2.52 bits per heavy atom. The van der Waals surface area contributed by atoms with Crippen LogP contribution in [0, 0.1) is 13.8 Å². The zero-order valence-electron chi connectivity index (χ0n) is 12.0. The van der Waals surface area contributed by atoms with Crippen LogP contribution in [-0.2, 0) is 16.0 Å². The Morgan fingerprint density at radius 2 is 1.90 bits per heavy atom. The normalized spacial score (nSPS) is 10.4. The van der Waals surface area contributed by atoms with E-state index in [0.29, 0.717) is 0 Å². The van der Waals surface area contributed by atoms with Crippen LogP contribution in [0.1, 0.15) is 17.0 Å². The number of hydrogen-bond donors (Lipinski definition) is 2. The van der Waals surface area contributed by atoms with E-state index in [4.69, 9.17) is 5.11 Å². The molecule has 0 unspecified atom stereocenters. The molecule has 0 aliphatic carbocycles. The summed E-state index contributed by atoms with van der Waals surface area (Å²) in [5, 5.41) is 15.4. The molecule has 1 aromatic heterocycles. The molecule has 0 aliphatic heterocycles. The van der Waals surface area contributed by atoms with Gasteiger partial charge < -0.3 is 10.4 Å². The first-order valence-electron chi connectivity index (χ1n) is 6.58. The van der Waals surface area contributed by atoms with Crippen LogP contribution in [0.15, 0.2) is 30.3 Å². The molecule has 6 nitrogen and oxygen atoms in total. The van der Waals surface area contributed by atoms with Crippen LogP contribution in [0.25, 0.3) is 5.69 Å². The van der Waals surface area contributed by atoms with E-state index in [-0.39, 0.29) is 18.9 Å². The van der Waals surface area contributed by atoms with Gasteiger partial charge in [0.2, 0.25) is 5.91 Å². The minimum atomic E-state index is -1.06. The van der Waals surface area contributed by atoms with Gasteiger partial charge in [-0.1, -0.05) is 18.2 Å². The quantitative estimate of drug-likeness (QED) is 0.866. The highest BCUT2D eigenvalue weighted by atomic mass is 16.4. The monoisotopic (exact) mass is 287 g/mol. The number of aryl methyl sites for hydroxylation is 1. The van der Waals surface area contributed by atoms with Gasteiger partial charge in [0.05, 0.1) is 17.8 Å². The summed E-state index contributed by atoms with van der Waals surface area (Å²) in [6, 6.07) is 9.65. The summed E-state index contributed by atoms with van der Waals surface area (Å²) < 4.78 is 1.79. The first-order chi connectivity index (χ1) is 9.99. The van der Waals surface area contributed by atoms with Crippen LogP contribution in [0.2, 0.25) is 0 Å². The summed E-state index contributed by atoms with van der Waals surface area (Å²) in [5.41, 5.74) is 3.39. The van der Waals surface area contributed by atoms with Crippen molar-refractivity contribution in [2.75, 3.05) is 6.54 Å². The van der Waals surface area contributed by atoms with E-state index in [2.05, 4.69) is 10.4 Å². The molecule has 110 valence electrons. The molecule has 2 N–H and O–H groups in total. The fourth-order valence-corrected chi connectivity index (χ4v) is 2.15. The molecule has 0 saturated heterocycles. The smallest absolute Gasteiger partial charge is 0.322 e. The second-order valence-corrected chi connectivity index (χ2v) is 4.74. The molecule has 1 heterocycles. The molecule has 0 bridgehead atoms. The molecule has 0 spiro atoms. The zero-order valence-corrected chi connectivity index (χ0v) is 12.0. The van der Waals surface area contributed by atoms with Crippen LogP contribution in [0.4, 0.5) is 0 Å². The van der Waals surface area contributed by atoms with Gasteiger partial charge in [0.15, 0.2) is 0 Å². The minimum absolute atomic E-state index is 0.123. The van der Waals surface area contributed by atoms with Crippen molar-refractivity contribution in [3.8, 4) is 5.69 Å². The van der Waals surface area contributed by atoms with E-state index >= 15 is 0 Å². The topological polar surface area (TPSA) is 84.2 Å². The second kappa shape index (κ2) is 6.21. The fourth-order valence-electron chi connectivity index (χ4n) is 2.15. The molecule has 0 atom stereocenters. The molecular weight excluding hydrogens is 270 g/mol. The number of para-hydroxylation sites is 1. The van der Waals surface area contributed by atoms with Crippen LogP contribution in [-0.4, -0.2) is 33.3 Å². The number of rotatable bonds is 5. The average Bonchev–Trinajstić information content (AvgIpc) is 2.74. The number of nitrogens with one attached hydrogen (secondary N) is 1. The number of carbonyl (C=O) groups excluding carboxylic acids is 1. The largest absolute Gasteiger partial charge is 0.480 e. The number of benzene rings is 1. The van der Waals surface area contributed by atoms with Crippen molar-refractivity contribution in [1.82, 2.24) is 15.1 Å². The van der Waals surface area contributed by atoms with Gasteiger partial charge in [-0.25, -0.2) is 4.68 Å². The summed E-state index contributed by atoms with van der Waals surface area (Å²) in [6.07, 6.45) is 0.123. The summed E-state index contributed by atoms with van der Waals surface area (Å²) in [7, 11) is 0. The van der Waals surface area contributed by atoms with Crippen molar-refractivity contribution in [3.05, 3.63) is 47.3 Å². The lowest BCUT2D eigenvalue weighted by molar-refractivity contribution is -0.137. The van der Waals surface area contributed by atoms with Gasteiger partial charge >= 0.3 is 5.97 Å². The predicted octanol–water partition coefficient (Wildman–Crippen LogP) is 1.23. The maximum absolute atomic E-state index is 11.8. The summed E-state index contributed by atoms with van der Waals surface area (Å²) in [4.78, 5) is 22.2. The Morgan fingerprint density at radius 1 is 1.24 bits per heavy atom. The third kappa shape index (κ3) is 3.47. The number of aromatic nitrogens is 2. The van der Waals surface area contributed by atoms with Gasteiger partial charge in [-0.15, -0.1) is 0 Å². The van der Waals surface area contributed by atoms with Crippen LogP contribution < -0.4 is 5.32 Å². The highest BCUT2D eigenvalue weighted by molar-refractivity contribution is 5.83. The molecular formula is C15H17N3O3. The van der Waals surface area contributed by atoms with Gasteiger partial charge in [-0.2, -0.15) is 5.10 Å². The number of aliphatic carboxylic acids is 1. The lowest BCUT2D eigenvalue weighted by atomic mass is 10.1. The number of carboxylic acids is 1. The van der Waals surface area contributed by atoms with Crippen molar-refractivity contribution in [2.45, 2.75) is 20.3 Å². The standard InChI is InChI=1S/C15H17N3O3/c1-10-13(8-14(19)16-9-15(20)21)11(2)18(17-10)12-6-4-3-5-7-12/h3-7H,8-9H2,1-2H3,(H,16,19)(H,20,21). The van der Waals surface area contributed by atoms with E-state index in [9.17, 15) is 9.59 Å². The van der Waals surface area contributed by atoms with Gasteiger partial charge in [0.25, 0.3) is 0 Å². The minimum Gasteiger partial charge on any atom is -0.480 e. The molecule has 6 heteroatoms. The Kier molecular flexibility index (Phi) is 4.37. The van der Waals surface area contributed by atoms with Crippen molar-refractivity contribution in [1.29, 1.82) is 0 Å². The Labute approximate surface area is 122 Å². The Balaban J connectivity index is 2.20. The lowest BCUT2D eigenvalue weighted by Gasteiger charge is -2.05. The van der Waals surface area contributed by atoms with E-state index in [1.807, 2.05) is 44.2 Å². The van der Waals surface area contributed by atoms with E-state index in [1.165, 1.54) is 0 Å². The van der Waals surface area contributed by atoms with Gasteiger partial charge in [-0.3, -0.25) is 9.59 Å². The third-order valence-corrected chi connectivity index (χ3v) is 3.22. The van der Waals surface area contributed by atoms with Gasteiger partial charge in [-0.05, 0) is 26.0 Å². The zero-order chi connectivity index (χ0) is 15.4. The molecule has 21 heavy (non-hydrogen) atoms. The maximum atomic E-state index is 11.8. The number of carboxylic acid groups (broad SMARTS) is 1. The summed E-state index contributed by atoms with van der Waals surface area (Å²) in [5.74, 6) is -1.38. The van der Waals surface area contributed by atoms with Crippen LogP contribution in [0.5, 0.6) is 0 Å². The van der Waals surface area contributed by atoms with E-state index < -0.39 is 5.97 Å². The third-order valence-electron chi connectivity index (χ3n) is 3.22. The second-order valence-electron chi connectivity index (χ2n) is 4.74. The van der Waals surface area contributed by atoms with E-state index in [0.717, 1.165) is 22.6 Å². The van der Waals surface area contributed by atoms with Crippen molar-refractivity contribution >= 4 is 11.9 Å². The highest BCUT2D eigenvalue weighted by Crippen LogP contribution is 2.18. The first-order valence-corrected chi connectivity index (χ1v) is 6.58. The van der Waals surface area contributed by atoms with Crippen LogP contribution >= 0.6 is 0 Å². The fraction of sp³-hybridized carbons (Fsp3) is 0.267. The lowest BCUT2D eigenvalue weighted by Crippen LogP contribution is -2.30. The summed E-state index contributed by atoms with van der Waals surface area (Å²) in [6.45, 7) is 3.36. The van der Waals surface area contributed by atoms with Gasteiger partial charge in [0.1, 0.15) is 6.54 Å². The molecule has 0 fully saturated rings. The molecule has 0 radical (unpaired) electrons. The maximum Gasteiger partial charge on any atom is 0.322 e. The van der Waals surface area contributed by atoms with E-state index in [1.54, 1.807) is 4.68 Å². The highest BCUT2D eigenvalue weighted by Gasteiger charge is 2.16. The average molecular weight is 287 g/mol. The van der Waals surface area contributed by atoms with Crippen molar-refractivity contribution in [2.24, 2.45) is 0 Å². The molecule has 1 amide bonds. The molecule has 0 saturated carbocycles. The first kappa shape index (κ1) is 14.8. The molecule has 0 aliphatic rings.